The molecule has 1 unspecified atom stereocenters. The van der Waals surface area contributed by atoms with Gasteiger partial charge < -0.3 is 4.90 Å². The Balaban J connectivity index is 2.23. The van der Waals surface area contributed by atoms with E-state index in [-0.39, 0.29) is 42.2 Å². The van der Waals surface area contributed by atoms with Gasteiger partial charge in [0.1, 0.15) is 5.69 Å². The summed E-state index contributed by atoms with van der Waals surface area (Å²) in [5.41, 5.74) is 7.25. The number of anilines is 1. The Hall–Kier alpha value is -1.99. The first-order chi connectivity index (χ1) is 9.82. The maximum atomic E-state index is 12.5. The highest BCUT2D eigenvalue weighted by molar-refractivity contribution is 6.32. The second-order valence-electron chi connectivity index (χ2n) is 4.49. The van der Waals surface area contributed by atoms with E-state index >= 15 is 0 Å². The zero-order valence-electron chi connectivity index (χ0n) is 10.5. The quantitative estimate of drug-likeness (QED) is 0.370. The molecule has 1 fully saturated rings. The van der Waals surface area contributed by atoms with Gasteiger partial charge in [-0.05, 0) is 23.6 Å². The van der Waals surface area contributed by atoms with E-state index in [0.717, 1.165) is 12.1 Å². The number of halogens is 4. The molecule has 1 saturated heterocycles. The van der Waals surface area contributed by atoms with Crippen LogP contribution in [0.4, 0.5) is 18.9 Å². The summed E-state index contributed by atoms with van der Waals surface area (Å²) >= 11 is 5.75. The lowest BCUT2D eigenvalue weighted by Crippen LogP contribution is -2.25. The van der Waals surface area contributed by atoms with E-state index in [1.54, 1.807) is 0 Å². The number of hydrogen-bond acceptors (Lipinski definition) is 3. The number of azide groups is 1. The molecule has 6 nitrogen and oxygen atoms in total. The van der Waals surface area contributed by atoms with Gasteiger partial charge in [-0.15, -0.1) is 0 Å². The molecule has 0 bridgehead atoms. The zero-order valence-corrected chi connectivity index (χ0v) is 11.3. The van der Waals surface area contributed by atoms with Gasteiger partial charge in [0.2, 0.25) is 5.91 Å². The van der Waals surface area contributed by atoms with Crippen LogP contribution in [-0.2, 0) is 11.0 Å². The van der Waals surface area contributed by atoms with Crippen molar-refractivity contribution in [3.05, 3.63) is 33.4 Å². The number of alkyl halides is 3. The predicted octanol–water partition coefficient (Wildman–Crippen LogP) is 3.42. The third-order valence-electron chi connectivity index (χ3n) is 3.02. The summed E-state index contributed by atoms with van der Waals surface area (Å²) in [6.07, 6.45) is -4.45. The molecule has 0 saturated carbocycles. The molecule has 112 valence electrons. The van der Waals surface area contributed by atoms with Gasteiger partial charge in [0, 0.05) is 24.4 Å². The molecule has 0 radical (unpaired) electrons. The van der Waals surface area contributed by atoms with Crippen LogP contribution in [0.5, 0.6) is 0 Å². The molecule has 0 N–H and O–H groups in total. The third kappa shape index (κ3) is 3.37. The summed E-state index contributed by atoms with van der Waals surface area (Å²) in [5.74, 6) is -0.483. The van der Waals surface area contributed by atoms with Gasteiger partial charge in [0.25, 0.3) is 0 Å². The van der Waals surface area contributed by atoms with E-state index in [9.17, 15) is 18.0 Å². The van der Waals surface area contributed by atoms with Crippen LogP contribution in [0.2, 0.25) is 5.15 Å². The van der Waals surface area contributed by atoms with Crippen LogP contribution in [0.1, 0.15) is 12.1 Å². The molecule has 0 aliphatic carbocycles. The maximum Gasteiger partial charge on any atom is 0.433 e. The molecule has 0 aromatic carbocycles. The second-order valence-corrected chi connectivity index (χ2v) is 4.85. The molecular weight excluding hydrogens is 311 g/mol. The molecule has 10 heteroatoms. The molecule has 21 heavy (non-hydrogen) atoms. The fourth-order valence-electron chi connectivity index (χ4n) is 2.07. The molecule has 1 amide bonds. The van der Waals surface area contributed by atoms with Crippen LogP contribution in [0.25, 0.3) is 10.4 Å². The lowest BCUT2D eigenvalue weighted by molar-refractivity contribution is -0.141. The highest BCUT2D eigenvalue weighted by Gasteiger charge is 2.35. The van der Waals surface area contributed by atoms with E-state index in [1.165, 1.54) is 4.90 Å². The van der Waals surface area contributed by atoms with Crippen molar-refractivity contribution in [1.29, 1.82) is 0 Å². The highest BCUT2D eigenvalue weighted by Crippen LogP contribution is 2.34. The second kappa shape index (κ2) is 5.79. The predicted molar refractivity (Wildman–Crippen MR) is 68.7 cm³/mol. The molecule has 1 aliphatic rings. The van der Waals surface area contributed by atoms with E-state index in [1.807, 2.05) is 0 Å². The number of carbonyl (C=O) groups excluding carboxylic acids is 1. The monoisotopic (exact) mass is 319 g/mol. The summed E-state index contributed by atoms with van der Waals surface area (Å²) < 4.78 is 37.5. The number of carbonyl (C=O) groups is 1. The number of rotatable bonds is 3. The number of pyridine rings is 1. The number of hydrogen-bond donors (Lipinski definition) is 0. The normalized spacial score (nSPS) is 18.8. The van der Waals surface area contributed by atoms with Crippen molar-refractivity contribution in [3.63, 3.8) is 0 Å². The topological polar surface area (TPSA) is 82.0 Å². The van der Waals surface area contributed by atoms with Gasteiger partial charge in [-0.25, -0.2) is 4.98 Å². The summed E-state index contributed by atoms with van der Waals surface area (Å²) in [5, 5.41) is 3.00. The van der Waals surface area contributed by atoms with Crippen LogP contribution in [-0.4, -0.2) is 24.0 Å². The van der Waals surface area contributed by atoms with Gasteiger partial charge in [-0.3, -0.25) is 4.79 Å². The summed E-state index contributed by atoms with van der Waals surface area (Å²) in [7, 11) is 0. The van der Waals surface area contributed by atoms with Crippen LogP contribution in [0.15, 0.2) is 17.2 Å². The third-order valence-corrected chi connectivity index (χ3v) is 3.30. The van der Waals surface area contributed by atoms with Crippen molar-refractivity contribution in [2.24, 2.45) is 11.0 Å². The minimum absolute atomic E-state index is 0.123. The van der Waals surface area contributed by atoms with Crippen molar-refractivity contribution in [1.82, 2.24) is 4.98 Å². The summed E-state index contributed by atoms with van der Waals surface area (Å²) in [6, 6.07) is 1.89. The first-order valence-corrected chi connectivity index (χ1v) is 6.25. The van der Waals surface area contributed by atoms with Gasteiger partial charge in [-0.1, -0.05) is 16.7 Å². The molecule has 1 aromatic rings. The Morgan fingerprint density at radius 2 is 2.24 bits per heavy atom. The summed E-state index contributed by atoms with van der Waals surface area (Å²) in [4.78, 5) is 19.0. The van der Waals surface area contributed by atoms with Gasteiger partial charge in [0.15, 0.2) is 5.15 Å². The maximum absolute atomic E-state index is 12.5. The minimum Gasteiger partial charge on any atom is -0.309 e. The Morgan fingerprint density at radius 3 is 2.81 bits per heavy atom. The Morgan fingerprint density at radius 1 is 1.52 bits per heavy atom. The SMILES string of the molecule is [N-]=[N+]=NCC1CC(=O)N(c2ccc(C(F)(F)F)nc2Cl)C1. The number of aromatic nitrogens is 1. The van der Waals surface area contributed by atoms with Crippen LogP contribution in [0, 0.1) is 5.92 Å². The molecule has 2 rings (SSSR count). The fourth-order valence-corrected chi connectivity index (χ4v) is 2.33. The molecule has 1 aliphatic heterocycles. The lowest BCUT2D eigenvalue weighted by atomic mass is 10.1. The minimum atomic E-state index is -4.60. The largest absolute Gasteiger partial charge is 0.433 e. The van der Waals surface area contributed by atoms with Crippen LogP contribution >= 0.6 is 11.6 Å². The standard InChI is InChI=1S/C11H9ClF3N5O/c12-10-7(1-2-8(18-10)11(13,14)15)20-5-6(3-9(20)21)4-17-19-16/h1-2,6H,3-5H2. The molecule has 1 atom stereocenters. The van der Waals surface area contributed by atoms with Crippen molar-refractivity contribution in [3.8, 4) is 0 Å². The summed E-state index contributed by atoms with van der Waals surface area (Å²) in [6.45, 7) is 0.370. The van der Waals surface area contributed by atoms with Crippen LogP contribution < -0.4 is 4.90 Å². The first kappa shape index (κ1) is 15.4. The van der Waals surface area contributed by atoms with Crippen molar-refractivity contribution in [2.75, 3.05) is 18.0 Å². The zero-order chi connectivity index (χ0) is 15.6. The average Bonchev–Trinajstić information content (AvgIpc) is 2.76. The molecular formula is C11H9ClF3N5O. The number of nitrogens with zero attached hydrogens (tertiary/aromatic N) is 5. The Kier molecular flexibility index (Phi) is 4.24. The van der Waals surface area contributed by atoms with E-state index in [2.05, 4.69) is 15.0 Å². The van der Waals surface area contributed by atoms with E-state index < -0.39 is 11.9 Å². The smallest absolute Gasteiger partial charge is 0.309 e. The first-order valence-electron chi connectivity index (χ1n) is 5.88. The average molecular weight is 320 g/mol. The lowest BCUT2D eigenvalue weighted by Gasteiger charge is -2.18. The Labute approximate surface area is 122 Å². The van der Waals surface area contributed by atoms with E-state index in [4.69, 9.17) is 17.1 Å². The van der Waals surface area contributed by atoms with Crippen LogP contribution in [0.3, 0.4) is 0 Å². The van der Waals surface area contributed by atoms with Gasteiger partial charge in [-0.2, -0.15) is 13.2 Å². The number of amides is 1. The molecule has 1 aromatic heterocycles. The van der Waals surface area contributed by atoms with Gasteiger partial charge in [0.05, 0.1) is 5.69 Å². The molecule has 2 heterocycles. The van der Waals surface area contributed by atoms with E-state index in [0.29, 0.717) is 0 Å². The fraction of sp³-hybridized carbons (Fsp3) is 0.455. The van der Waals surface area contributed by atoms with Crippen molar-refractivity contribution in [2.45, 2.75) is 12.6 Å². The molecule has 0 spiro atoms. The van der Waals surface area contributed by atoms with Gasteiger partial charge >= 0.3 is 6.18 Å². The highest BCUT2D eigenvalue weighted by atomic mass is 35.5. The van der Waals surface area contributed by atoms with Crippen molar-refractivity contribution < 1.29 is 18.0 Å². The van der Waals surface area contributed by atoms with Crippen molar-refractivity contribution >= 4 is 23.2 Å². The Bertz CT molecular complexity index is 614.